The minimum Gasteiger partial charge on any atom is -0.494 e. The van der Waals surface area contributed by atoms with Crippen LogP contribution in [0.2, 0.25) is 5.02 Å². The van der Waals surface area contributed by atoms with Crippen molar-refractivity contribution in [3.8, 4) is 5.75 Å². The van der Waals surface area contributed by atoms with Crippen LogP contribution < -0.4 is 9.64 Å². The van der Waals surface area contributed by atoms with Gasteiger partial charge in [0.2, 0.25) is 5.91 Å². The Labute approximate surface area is 218 Å². The van der Waals surface area contributed by atoms with Gasteiger partial charge in [-0.2, -0.15) is 0 Å². The Morgan fingerprint density at radius 2 is 1.81 bits per heavy atom. The molecule has 0 spiro atoms. The molecular formula is C27H24ClN3O6. The van der Waals surface area contributed by atoms with Crippen molar-refractivity contribution in [1.82, 2.24) is 4.90 Å². The molecule has 2 atom stereocenters. The lowest BCUT2D eigenvalue weighted by Gasteiger charge is -2.33. The third-order valence-corrected chi connectivity index (χ3v) is 6.51. The van der Waals surface area contributed by atoms with Gasteiger partial charge in [0, 0.05) is 11.6 Å². The number of hydrogen-bond acceptors (Lipinski definition) is 6. The molecule has 2 unspecified atom stereocenters. The molecule has 0 aliphatic carbocycles. The van der Waals surface area contributed by atoms with Crippen molar-refractivity contribution in [2.24, 2.45) is 0 Å². The fraction of sp³-hybridized carbons (Fsp3) is 0.222. The number of carbonyl (C=O) groups excluding carboxylic acids is 3. The van der Waals surface area contributed by atoms with Crippen molar-refractivity contribution in [2.45, 2.75) is 32.4 Å². The summed E-state index contributed by atoms with van der Waals surface area (Å²) < 4.78 is 5.43. The molecule has 10 heteroatoms. The van der Waals surface area contributed by atoms with Crippen LogP contribution in [0, 0.1) is 10.1 Å². The maximum absolute atomic E-state index is 13.8. The molecule has 37 heavy (non-hydrogen) atoms. The Bertz CT molecular complexity index is 1350. The Balaban J connectivity index is 1.73. The van der Waals surface area contributed by atoms with Gasteiger partial charge in [-0.3, -0.25) is 24.5 Å². The first-order valence-corrected chi connectivity index (χ1v) is 12.0. The Morgan fingerprint density at radius 1 is 1.14 bits per heavy atom. The fourth-order valence-electron chi connectivity index (χ4n) is 4.38. The Hall–Kier alpha value is -4.24. The zero-order chi connectivity index (χ0) is 26.7. The van der Waals surface area contributed by atoms with E-state index in [1.165, 1.54) is 17.0 Å². The fourth-order valence-corrected chi connectivity index (χ4v) is 4.56. The van der Waals surface area contributed by atoms with Crippen LogP contribution in [0.15, 0.2) is 72.8 Å². The van der Waals surface area contributed by atoms with E-state index in [1.807, 2.05) is 13.0 Å². The molecular weight excluding hydrogens is 498 g/mol. The van der Waals surface area contributed by atoms with Crippen LogP contribution in [0.1, 0.15) is 42.2 Å². The minimum absolute atomic E-state index is 0.0151. The molecule has 0 aromatic heterocycles. The molecule has 9 nitrogen and oxygen atoms in total. The summed E-state index contributed by atoms with van der Waals surface area (Å²) in [5.74, 6) is -1.05. The first kappa shape index (κ1) is 25.8. The molecule has 3 aromatic rings. The standard InChI is InChI=1S/C27H24ClN3O6/c1-3-37-21-12-10-20(11-13-21)30-25(32)16-24(27(30)34)29(17(2)18-7-5-4-6-8-18)26(33)19-9-14-22(28)23(15-19)31(35)36/h4-15,17,24H,3,16H2,1-2H3. The number of amides is 3. The smallest absolute Gasteiger partial charge is 0.288 e. The molecule has 1 aliphatic heterocycles. The van der Waals surface area contributed by atoms with Crippen LogP contribution in [0.4, 0.5) is 11.4 Å². The van der Waals surface area contributed by atoms with Crippen LogP contribution in [0.25, 0.3) is 0 Å². The van der Waals surface area contributed by atoms with Gasteiger partial charge in [0.15, 0.2) is 0 Å². The zero-order valence-corrected chi connectivity index (χ0v) is 20.9. The second-order valence-electron chi connectivity index (χ2n) is 8.44. The van der Waals surface area contributed by atoms with E-state index in [0.29, 0.717) is 18.0 Å². The van der Waals surface area contributed by atoms with E-state index >= 15 is 0 Å². The molecule has 0 N–H and O–H groups in total. The van der Waals surface area contributed by atoms with E-state index in [4.69, 9.17) is 16.3 Å². The van der Waals surface area contributed by atoms with Crippen LogP contribution in [0.5, 0.6) is 5.75 Å². The van der Waals surface area contributed by atoms with Crippen LogP contribution in [0.3, 0.4) is 0 Å². The first-order valence-electron chi connectivity index (χ1n) is 11.6. The summed E-state index contributed by atoms with van der Waals surface area (Å²) >= 11 is 5.94. The van der Waals surface area contributed by atoms with E-state index in [-0.39, 0.29) is 17.0 Å². The Kier molecular flexibility index (Phi) is 7.54. The maximum atomic E-state index is 13.8. The van der Waals surface area contributed by atoms with Crippen molar-refractivity contribution in [3.63, 3.8) is 0 Å². The van der Waals surface area contributed by atoms with Gasteiger partial charge >= 0.3 is 0 Å². The number of hydrogen-bond donors (Lipinski definition) is 0. The summed E-state index contributed by atoms with van der Waals surface area (Å²) in [6.45, 7) is 4.07. The largest absolute Gasteiger partial charge is 0.494 e. The number of benzene rings is 3. The number of imide groups is 1. The average Bonchev–Trinajstić information content (AvgIpc) is 3.18. The van der Waals surface area contributed by atoms with Crippen LogP contribution in [-0.2, 0) is 9.59 Å². The highest BCUT2D eigenvalue weighted by molar-refractivity contribution is 6.32. The summed E-state index contributed by atoms with van der Waals surface area (Å²) in [6.07, 6.45) is -0.232. The second-order valence-corrected chi connectivity index (χ2v) is 8.84. The molecule has 1 fully saturated rings. The molecule has 3 aromatic carbocycles. The molecule has 4 rings (SSSR count). The lowest BCUT2D eigenvalue weighted by atomic mass is 10.0. The molecule has 0 radical (unpaired) electrons. The van der Waals surface area contributed by atoms with E-state index < -0.39 is 40.4 Å². The molecule has 3 amide bonds. The lowest BCUT2D eigenvalue weighted by Crippen LogP contribution is -2.46. The van der Waals surface area contributed by atoms with Gasteiger partial charge in [0.25, 0.3) is 17.5 Å². The van der Waals surface area contributed by atoms with Gasteiger partial charge in [0.1, 0.15) is 16.8 Å². The van der Waals surface area contributed by atoms with Crippen molar-refractivity contribution in [1.29, 1.82) is 0 Å². The van der Waals surface area contributed by atoms with Gasteiger partial charge in [-0.15, -0.1) is 0 Å². The number of anilines is 1. The van der Waals surface area contributed by atoms with E-state index in [0.717, 1.165) is 16.5 Å². The molecule has 1 saturated heterocycles. The number of nitro benzene ring substituents is 1. The third-order valence-electron chi connectivity index (χ3n) is 6.19. The van der Waals surface area contributed by atoms with Gasteiger partial charge in [0.05, 0.1) is 29.7 Å². The zero-order valence-electron chi connectivity index (χ0n) is 20.2. The highest BCUT2D eigenvalue weighted by atomic mass is 35.5. The molecule has 1 aliphatic rings. The monoisotopic (exact) mass is 521 g/mol. The van der Waals surface area contributed by atoms with Crippen molar-refractivity contribution in [3.05, 3.63) is 99.1 Å². The minimum atomic E-state index is -1.11. The average molecular weight is 522 g/mol. The number of nitrogens with zero attached hydrogens (tertiary/aromatic N) is 3. The van der Waals surface area contributed by atoms with Crippen molar-refractivity contribution >= 4 is 40.7 Å². The highest BCUT2D eigenvalue weighted by Gasteiger charge is 2.46. The van der Waals surface area contributed by atoms with E-state index in [2.05, 4.69) is 0 Å². The molecule has 0 saturated carbocycles. The number of carbonyl (C=O) groups is 3. The van der Waals surface area contributed by atoms with Gasteiger partial charge in [-0.05, 0) is 55.8 Å². The number of halogens is 1. The SMILES string of the molecule is CCOc1ccc(N2C(=O)CC(N(C(=O)c3ccc(Cl)c([N+](=O)[O-])c3)C(C)c3ccccc3)C2=O)cc1. The van der Waals surface area contributed by atoms with Gasteiger partial charge in [-0.25, -0.2) is 4.90 Å². The van der Waals surface area contributed by atoms with E-state index in [1.54, 1.807) is 55.5 Å². The number of ether oxygens (including phenoxy) is 1. The van der Waals surface area contributed by atoms with Crippen LogP contribution in [-0.4, -0.2) is 40.2 Å². The summed E-state index contributed by atoms with van der Waals surface area (Å²) in [5, 5.41) is 11.3. The maximum Gasteiger partial charge on any atom is 0.288 e. The quantitative estimate of drug-likeness (QED) is 0.229. The molecule has 1 heterocycles. The summed E-state index contributed by atoms with van der Waals surface area (Å²) in [7, 11) is 0. The highest BCUT2D eigenvalue weighted by Crippen LogP contribution is 2.34. The number of nitro groups is 1. The van der Waals surface area contributed by atoms with Gasteiger partial charge in [-0.1, -0.05) is 41.9 Å². The number of rotatable bonds is 8. The lowest BCUT2D eigenvalue weighted by molar-refractivity contribution is -0.384. The van der Waals surface area contributed by atoms with E-state index in [9.17, 15) is 24.5 Å². The summed E-state index contributed by atoms with van der Waals surface area (Å²) in [4.78, 5) is 53.6. The predicted molar refractivity (Wildman–Crippen MR) is 138 cm³/mol. The van der Waals surface area contributed by atoms with Crippen molar-refractivity contribution < 1.29 is 24.0 Å². The van der Waals surface area contributed by atoms with Gasteiger partial charge < -0.3 is 9.64 Å². The normalized spacial score (nSPS) is 16.0. The molecule has 190 valence electrons. The first-order chi connectivity index (χ1) is 17.7. The summed E-state index contributed by atoms with van der Waals surface area (Å²) in [6, 6.07) is 17.6. The van der Waals surface area contributed by atoms with Crippen molar-refractivity contribution in [2.75, 3.05) is 11.5 Å². The third kappa shape index (κ3) is 5.17. The Morgan fingerprint density at radius 3 is 2.43 bits per heavy atom. The van der Waals surface area contributed by atoms with Crippen LogP contribution >= 0.6 is 11.6 Å². The topological polar surface area (TPSA) is 110 Å². The predicted octanol–water partition coefficient (Wildman–Crippen LogP) is 5.18. The second kappa shape index (κ2) is 10.8. The molecule has 0 bridgehead atoms. The summed E-state index contributed by atoms with van der Waals surface area (Å²) in [5.41, 5.74) is 0.658.